The van der Waals surface area contributed by atoms with Crippen molar-refractivity contribution in [2.75, 3.05) is 6.61 Å². The first kappa shape index (κ1) is 14.3. The first-order chi connectivity index (χ1) is 9.28. The van der Waals surface area contributed by atoms with Gasteiger partial charge in [0.25, 0.3) is 0 Å². The van der Waals surface area contributed by atoms with Gasteiger partial charge in [-0.2, -0.15) is 0 Å². The highest BCUT2D eigenvalue weighted by atomic mass is 35.5. The zero-order chi connectivity index (χ0) is 13.5. The van der Waals surface area contributed by atoms with E-state index in [0.29, 0.717) is 6.61 Å². The van der Waals surface area contributed by atoms with Crippen LogP contribution in [-0.2, 0) is 6.42 Å². The van der Waals surface area contributed by atoms with E-state index in [0.717, 1.165) is 22.9 Å². The SMILES string of the molecule is NNC(CCOc1ccccc1)Cc1ccc(Cl)s1. The molecule has 19 heavy (non-hydrogen) atoms. The fourth-order valence-corrected chi connectivity index (χ4v) is 2.95. The molecule has 0 fully saturated rings. The lowest BCUT2D eigenvalue weighted by molar-refractivity contribution is 0.285. The van der Waals surface area contributed by atoms with Gasteiger partial charge in [-0.1, -0.05) is 29.8 Å². The van der Waals surface area contributed by atoms with E-state index < -0.39 is 0 Å². The summed E-state index contributed by atoms with van der Waals surface area (Å²) in [5.41, 5.74) is 2.83. The Bertz CT molecular complexity index is 489. The van der Waals surface area contributed by atoms with Gasteiger partial charge in [-0.15, -0.1) is 11.3 Å². The number of rotatable bonds is 7. The number of hydrazine groups is 1. The fraction of sp³-hybridized carbons (Fsp3) is 0.286. The molecule has 1 atom stereocenters. The Morgan fingerprint density at radius 3 is 2.63 bits per heavy atom. The monoisotopic (exact) mass is 296 g/mol. The maximum atomic E-state index is 5.91. The summed E-state index contributed by atoms with van der Waals surface area (Å²) in [6.45, 7) is 0.637. The maximum absolute atomic E-state index is 5.91. The highest BCUT2D eigenvalue weighted by Crippen LogP contribution is 2.23. The van der Waals surface area contributed by atoms with Crippen LogP contribution in [0.5, 0.6) is 5.75 Å². The molecule has 2 rings (SSSR count). The van der Waals surface area contributed by atoms with Crippen LogP contribution >= 0.6 is 22.9 Å². The highest BCUT2D eigenvalue weighted by molar-refractivity contribution is 7.16. The van der Waals surface area contributed by atoms with Gasteiger partial charge >= 0.3 is 0 Å². The quantitative estimate of drug-likeness (QED) is 0.609. The molecule has 0 aliphatic rings. The largest absolute Gasteiger partial charge is 0.494 e. The summed E-state index contributed by atoms with van der Waals surface area (Å²) in [5.74, 6) is 6.46. The number of hydrogen-bond acceptors (Lipinski definition) is 4. The third kappa shape index (κ3) is 4.84. The molecule has 0 saturated heterocycles. The summed E-state index contributed by atoms with van der Waals surface area (Å²) in [6, 6.07) is 13.9. The fourth-order valence-electron chi connectivity index (χ4n) is 1.78. The molecule has 102 valence electrons. The Labute approximate surface area is 122 Å². The molecule has 5 heteroatoms. The molecule has 3 nitrogen and oxygen atoms in total. The van der Waals surface area contributed by atoms with Crippen LogP contribution in [0.1, 0.15) is 11.3 Å². The number of nitrogens with two attached hydrogens (primary N) is 1. The zero-order valence-electron chi connectivity index (χ0n) is 10.5. The van der Waals surface area contributed by atoms with E-state index in [4.69, 9.17) is 22.2 Å². The van der Waals surface area contributed by atoms with Crippen LogP contribution in [0.15, 0.2) is 42.5 Å². The third-order valence-corrected chi connectivity index (χ3v) is 4.04. The Kier molecular flexibility index (Phi) is 5.66. The predicted molar refractivity (Wildman–Crippen MR) is 80.7 cm³/mol. The summed E-state index contributed by atoms with van der Waals surface area (Å²) < 4.78 is 6.47. The van der Waals surface area contributed by atoms with Crippen molar-refractivity contribution in [1.29, 1.82) is 0 Å². The molecule has 3 N–H and O–H groups in total. The van der Waals surface area contributed by atoms with E-state index in [1.165, 1.54) is 4.88 Å². The van der Waals surface area contributed by atoms with Gasteiger partial charge in [0.2, 0.25) is 0 Å². The van der Waals surface area contributed by atoms with Gasteiger partial charge < -0.3 is 4.74 Å². The number of thiophene rings is 1. The Morgan fingerprint density at radius 1 is 1.21 bits per heavy atom. The average Bonchev–Trinajstić information content (AvgIpc) is 2.84. The summed E-state index contributed by atoms with van der Waals surface area (Å²) in [5, 5.41) is 0. The number of halogens is 1. The molecule has 1 unspecified atom stereocenters. The van der Waals surface area contributed by atoms with E-state index in [-0.39, 0.29) is 6.04 Å². The van der Waals surface area contributed by atoms with Crippen molar-refractivity contribution in [1.82, 2.24) is 5.43 Å². The standard InChI is InChI=1S/C14H17ClN2OS/c15-14-7-6-13(19-14)10-11(17-16)8-9-18-12-4-2-1-3-5-12/h1-7,11,17H,8-10,16H2. The Morgan fingerprint density at radius 2 is 2.00 bits per heavy atom. The van der Waals surface area contributed by atoms with Crippen LogP contribution in [0, 0.1) is 0 Å². The van der Waals surface area contributed by atoms with E-state index >= 15 is 0 Å². The van der Waals surface area contributed by atoms with E-state index in [2.05, 4.69) is 5.43 Å². The molecule has 0 bridgehead atoms. The first-order valence-corrected chi connectivity index (χ1v) is 7.35. The number of nitrogens with one attached hydrogen (secondary N) is 1. The van der Waals surface area contributed by atoms with Crippen molar-refractivity contribution in [3.63, 3.8) is 0 Å². The van der Waals surface area contributed by atoms with E-state index in [9.17, 15) is 0 Å². The minimum absolute atomic E-state index is 0.193. The van der Waals surface area contributed by atoms with Gasteiger partial charge in [-0.25, -0.2) is 0 Å². The smallest absolute Gasteiger partial charge is 0.119 e. The van der Waals surface area contributed by atoms with Gasteiger partial charge in [-0.05, 0) is 37.1 Å². The molecule has 1 aromatic carbocycles. The van der Waals surface area contributed by atoms with E-state index in [1.807, 2.05) is 42.5 Å². The molecular formula is C14H17ClN2OS. The Hall–Kier alpha value is -1.07. The molecule has 2 aromatic rings. The van der Waals surface area contributed by atoms with Crippen LogP contribution in [-0.4, -0.2) is 12.6 Å². The lowest BCUT2D eigenvalue weighted by Crippen LogP contribution is -2.37. The van der Waals surface area contributed by atoms with Gasteiger partial charge in [0, 0.05) is 10.9 Å². The van der Waals surface area contributed by atoms with Crippen LogP contribution in [0.2, 0.25) is 4.34 Å². The second kappa shape index (κ2) is 7.50. The van der Waals surface area contributed by atoms with Gasteiger partial charge in [-0.3, -0.25) is 11.3 Å². The van der Waals surface area contributed by atoms with Gasteiger partial charge in [0.15, 0.2) is 0 Å². The highest BCUT2D eigenvalue weighted by Gasteiger charge is 2.09. The second-order valence-electron chi connectivity index (χ2n) is 4.22. The molecule has 0 spiro atoms. The predicted octanol–water partition coefficient (Wildman–Crippen LogP) is 3.25. The molecule has 0 saturated carbocycles. The number of benzene rings is 1. The summed E-state index contributed by atoms with van der Waals surface area (Å²) in [6.07, 6.45) is 1.72. The molecule has 0 aliphatic heterocycles. The average molecular weight is 297 g/mol. The third-order valence-electron chi connectivity index (χ3n) is 2.79. The number of ether oxygens (including phenoxy) is 1. The summed E-state index contributed by atoms with van der Waals surface area (Å²) in [7, 11) is 0. The van der Waals surface area contributed by atoms with Crippen LogP contribution in [0.3, 0.4) is 0 Å². The maximum Gasteiger partial charge on any atom is 0.119 e. The first-order valence-electron chi connectivity index (χ1n) is 6.16. The second-order valence-corrected chi connectivity index (χ2v) is 6.02. The Balaban J connectivity index is 1.76. The molecule has 0 aliphatic carbocycles. The minimum atomic E-state index is 0.193. The van der Waals surface area contributed by atoms with Crippen molar-refractivity contribution in [2.24, 2.45) is 5.84 Å². The molecule has 1 aromatic heterocycles. The number of hydrogen-bond donors (Lipinski definition) is 2. The van der Waals surface area contributed by atoms with Crippen LogP contribution in [0.4, 0.5) is 0 Å². The van der Waals surface area contributed by atoms with Crippen LogP contribution < -0.4 is 16.0 Å². The normalized spacial score (nSPS) is 12.3. The van der Waals surface area contributed by atoms with Crippen molar-refractivity contribution in [2.45, 2.75) is 18.9 Å². The molecule has 1 heterocycles. The topological polar surface area (TPSA) is 47.3 Å². The minimum Gasteiger partial charge on any atom is -0.494 e. The van der Waals surface area contributed by atoms with Crippen molar-refractivity contribution >= 4 is 22.9 Å². The summed E-state index contributed by atoms with van der Waals surface area (Å²) >= 11 is 7.50. The summed E-state index contributed by atoms with van der Waals surface area (Å²) in [4.78, 5) is 1.23. The van der Waals surface area contributed by atoms with Gasteiger partial charge in [0.05, 0.1) is 10.9 Å². The lowest BCUT2D eigenvalue weighted by atomic mass is 10.1. The van der Waals surface area contributed by atoms with Crippen molar-refractivity contribution in [3.05, 3.63) is 51.7 Å². The van der Waals surface area contributed by atoms with Crippen molar-refractivity contribution < 1.29 is 4.74 Å². The van der Waals surface area contributed by atoms with Gasteiger partial charge in [0.1, 0.15) is 5.75 Å². The van der Waals surface area contributed by atoms with E-state index in [1.54, 1.807) is 11.3 Å². The molecule has 0 amide bonds. The lowest BCUT2D eigenvalue weighted by Gasteiger charge is -2.15. The molecular weight excluding hydrogens is 280 g/mol. The number of para-hydroxylation sites is 1. The van der Waals surface area contributed by atoms with Crippen LogP contribution in [0.25, 0.3) is 0 Å². The van der Waals surface area contributed by atoms with Crippen molar-refractivity contribution in [3.8, 4) is 5.75 Å². The molecule has 0 radical (unpaired) electrons. The zero-order valence-corrected chi connectivity index (χ0v) is 12.1.